The van der Waals surface area contributed by atoms with E-state index in [0.29, 0.717) is 6.04 Å². The first-order chi connectivity index (χ1) is 4.34. The van der Waals surface area contributed by atoms with Crippen LogP contribution in [0.4, 0.5) is 0 Å². The first-order valence-electron chi connectivity index (χ1n) is 3.71. The molecule has 0 aliphatic heterocycles. The molecule has 0 heterocycles. The summed E-state index contributed by atoms with van der Waals surface area (Å²) in [6, 6.07) is 0.461. The minimum Gasteiger partial charge on any atom is -0.327 e. The lowest BCUT2D eigenvalue weighted by atomic mass is 10.0. The van der Waals surface area contributed by atoms with Crippen molar-refractivity contribution in [1.82, 2.24) is 0 Å². The van der Waals surface area contributed by atoms with Crippen molar-refractivity contribution in [2.75, 3.05) is 0 Å². The highest BCUT2D eigenvalue weighted by Gasteiger charge is 2.21. The number of nitrogens with two attached hydrogens (primary N) is 1. The first-order valence-corrected chi connectivity index (χ1v) is 3.71. The Hall–Kier alpha value is -0.300. The van der Waals surface area contributed by atoms with Gasteiger partial charge in [0.05, 0.1) is 0 Å². The van der Waals surface area contributed by atoms with Gasteiger partial charge in [-0.1, -0.05) is 12.5 Å². The Morgan fingerprint density at radius 1 is 1.56 bits per heavy atom. The third kappa shape index (κ3) is 1.55. The molecule has 2 atom stereocenters. The molecule has 0 radical (unpaired) electrons. The summed E-state index contributed by atoms with van der Waals surface area (Å²) in [5, 5.41) is 0. The first kappa shape index (κ1) is 6.81. The molecular formula is C8H15N. The second-order valence-electron chi connectivity index (χ2n) is 2.88. The van der Waals surface area contributed by atoms with E-state index in [1.165, 1.54) is 19.3 Å². The van der Waals surface area contributed by atoms with Gasteiger partial charge in [-0.15, -0.1) is 6.58 Å². The van der Waals surface area contributed by atoms with Crippen LogP contribution in [0, 0.1) is 5.92 Å². The molecule has 1 aliphatic carbocycles. The Balaban J connectivity index is 2.30. The van der Waals surface area contributed by atoms with E-state index in [4.69, 9.17) is 5.73 Å². The molecule has 2 N–H and O–H groups in total. The number of rotatable bonds is 2. The van der Waals surface area contributed by atoms with Gasteiger partial charge in [-0.05, 0) is 25.2 Å². The van der Waals surface area contributed by atoms with Gasteiger partial charge < -0.3 is 5.73 Å². The molecule has 0 aromatic rings. The van der Waals surface area contributed by atoms with Gasteiger partial charge in [-0.3, -0.25) is 0 Å². The summed E-state index contributed by atoms with van der Waals surface area (Å²) in [6.45, 7) is 3.70. The topological polar surface area (TPSA) is 26.0 Å². The molecule has 1 saturated carbocycles. The van der Waals surface area contributed by atoms with Crippen molar-refractivity contribution in [3.63, 3.8) is 0 Å². The molecule has 0 bridgehead atoms. The minimum absolute atomic E-state index is 0.461. The van der Waals surface area contributed by atoms with Gasteiger partial charge in [0.2, 0.25) is 0 Å². The third-order valence-corrected chi connectivity index (χ3v) is 2.19. The average molecular weight is 125 g/mol. The van der Waals surface area contributed by atoms with E-state index >= 15 is 0 Å². The van der Waals surface area contributed by atoms with Crippen LogP contribution in [0.15, 0.2) is 12.7 Å². The highest BCUT2D eigenvalue weighted by atomic mass is 14.7. The highest BCUT2D eigenvalue weighted by Crippen LogP contribution is 2.26. The molecule has 1 heteroatoms. The zero-order valence-corrected chi connectivity index (χ0v) is 5.84. The van der Waals surface area contributed by atoms with Crippen LogP contribution in [0.5, 0.6) is 0 Å². The Kier molecular flexibility index (Phi) is 2.29. The van der Waals surface area contributed by atoms with E-state index in [-0.39, 0.29) is 0 Å². The molecule has 1 fully saturated rings. The Bertz CT molecular complexity index is 98.7. The van der Waals surface area contributed by atoms with E-state index < -0.39 is 0 Å². The summed E-state index contributed by atoms with van der Waals surface area (Å²) >= 11 is 0. The van der Waals surface area contributed by atoms with Crippen molar-refractivity contribution in [2.45, 2.75) is 31.7 Å². The Labute approximate surface area is 56.9 Å². The lowest BCUT2D eigenvalue weighted by Gasteiger charge is -2.11. The van der Waals surface area contributed by atoms with Crippen molar-refractivity contribution in [2.24, 2.45) is 11.7 Å². The summed E-state index contributed by atoms with van der Waals surface area (Å²) in [5.41, 5.74) is 5.82. The normalized spacial score (nSPS) is 34.8. The monoisotopic (exact) mass is 125 g/mol. The zero-order valence-electron chi connectivity index (χ0n) is 5.84. The van der Waals surface area contributed by atoms with E-state index in [1.54, 1.807) is 0 Å². The van der Waals surface area contributed by atoms with Gasteiger partial charge >= 0.3 is 0 Å². The minimum atomic E-state index is 0.461. The maximum absolute atomic E-state index is 5.82. The molecule has 9 heavy (non-hydrogen) atoms. The van der Waals surface area contributed by atoms with E-state index in [2.05, 4.69) is 6.58 Å². The van der Waals surface area contributed by atoms with Crippen LogP contribution in [0.2, 0.25) is 0 Å². The summed E-state index contributed by atoms with van der Waals surface area (Å²) < 4.78 is 0. The lowest BCUT2D eigenvalue weighted by Crippen LogP contribution is -2.23. The van der Waals surface area contributed by atoms with Gasteiger partial charge in [0.15, 0.2) is 0 Å². The average Bonchev–Trinajstić information content (AvgIpc) is 2.18. The predicted octanol–water partition coefficient (Wildman–Crippen LogP) is 1.69. The van der Waals surface area contributed by atoms with E-state index in [9.17, 15) is 0 Å². The predicted molar refractivity (Wildman–Crippen MR) is 40.1 cm³/mol. The molecule has 1 aliphatic rings. The number of hydrogen-bond acceptors (Lipinski definition) is 1. The van der Waals surface area contributed by atoms with Crippen LogP contribution in [0.3, 0.4) is 0 Å². The van der Waals surface area contributed by atoms with E-state index in [0.717, 1.165) is 12.3 Å². The SMILES string of the molecule is C=CC[C@@H]1CCC[C@@H]1N. The van der Waals surface area contributed by atoms with Crippen molar-refractivity contribution >= 4 is 0 Å². The molecule has 1 nitrogen and oxygen atoms in total. The third-order valence-electron chi connectivity index (χ3n) is 2.19. The summed E-state index contributed by atoms with van der Waals surface area (Å²) in [5.74, 6) is 0.738. The fraction of sp³-hybridized carbons (Fsp3) is 0.750. The van der Waals surface area contributed by atoms with Crippen LogP contribution in [0.25, 0.3) is 0 Å². The van der Waals surface area contributed by atoms with E-state index in [1.807, 2.05) is 6.08 Å². The molecule has 0 aromatic carbocycles. The largest absolute Gasteiger partial charge is 0.327 e. The smallest absolute Gasteiger partial charge is 0.00701 e. The molecule has 1 rings (SSSR count). The van der Waals surface area contributed by atoms with Gasteiger partial charge in [0, 0.05) is 6.04 Å². The number of allylic oxidation sites excluding steroid dienone is 1. The van der Waals surface area contributed by atoms with Crippen LogP contribution >= 0.6 is 0 Å². The zero-order chi connectivity index (χ0) is 6.69. The summed E-state index contributed by atoms with van der Waals surface area (Å²) in [7, 11) is 0. The Morgan fingerprint density at radius 3 is 2.78 bits per heavy atom. The molecule has 0 amide bonds. The summed E-state index contributed by atoms with van der Waals surface area (Å²) in [6.07, 6.45) is 6.95. The molecule has 0 unspecified atom stereocenters. The molecule has 0 saturated heterocycles. The molecule has 52 valence electrons. The lowest BCUT2D eigenvalue weighted by molar-refractivity contribution is 0.487. The van der Waals surface area contributed by atoms with Crippen LogP contribution in [-0.2, 0) is 0 Å². The second-order valence-corrected chi connectivity index (χ2v) is 2.88. The van der Waals surface area contributed by atoms with Crippen LogP contribution in [-0.4, -0.2) is 6.04 Å². The second kappa shape index (κ2) is 3.02. The van der Waals surface area contributed by atoms with Crippen molar-refractivity contribution < 1.29 is 0 Å². The van der Waals surface area contributed by atoms with Gasteiger partial charge in [0.25, 0.3) is 0 Å². The Morgan fingerprint density at radius 2 is 2.33 bits per heavy atom. The molecular weight excluding hydrogens is 110 g/mol. The standard InChI is InChI=1S/C8H15N/c1-2-4-7-5-3-6-8(7)9/h2,7-8H,1,3-6,9H2/t7-,8+/m1/s1. The fourth-order valence-electron chi connectivity index (χ4n) is 1.57. The van der Waals surface area contributed by atoms with Crippen LogP contribution in [0.1, 0.15) is 25.7 Å². The van der Waals surface area contributed by atoms with Gasteiger partial charge in [-0.2, -0.15) is 0 Å². The number of hydrogen-bond donors (Lipinski definition) is 1. The summed E-state index contributed by atoms with van der Waals surface area (Å²) in [4.78, 5) is 0. The molecule has 0 aromatic heterocycles. The maximum atomic E-state index is 5.82. The molecule has 0 spiro atoms. The van der Waals surface area contributed by atoms with Gasteiger partial charge in [0.1, 0.15) is 0 Å². The van der Waals surface area contributed by atoms with Crippen molar-refractivity contribution in [3.05, 3.63) is 12.7 Å². The quantitative estimate of drug-likeness (QED) is 0.558. The van der Waals surface area contributed by atoms with Gasteiger partial charge in [-0.25, -0.2) is 0 Å². The van der Waals surface area contributed by atoms with Crippen molar-refractivity contribution in [3.8, 4) is 0 Å². The van der Waals surface area contributed by atoms with Crippen molar-refractivity contribution in [1.29, 1.82) is 0 Å². The fourth-order valence-corrected chi connectivity index (χ4v) is 1.57. The maximum Gasteiger partial charge on any atom is 0.00701 e. The highest BCUT2D eigenvalue weighted by molar-refractivity contribution is 4.85. The van der Waals surface area contributed by atoms with Crippen LogP contribution < -0.4 is 5.73 Å².